The van der Waals surface area contributed by atoms with Crippen molar-refractivity contribution in [2.75, 3.05) is 48.3 Å². The lowest BCUT2D eigenvalue weighted by Crippen LogP contribution is -2.46. The van der Waals surface area contributed by atoms with Gasteiger partial charge < -0.3 is 20.4 Å². The van der Waals surface area contributed by atoms with Crippen molar-refractivity contribution in [3.8, 4) is 0 Å². The van der Waals surface area contributed by atoms with E-state index in [4.69, 9.17) is 0 Å². The third-order valence-corrected chi connectivity index (χ3v) is 4.49. The summed E-state index contributed by atoms with van der Waals surface area (Å²) in [6.45, 7) is 8.51. The number of aromatic nitrogens is 2. The molecule has 8 heteroatoms. The van der Waals surface area contributed by atoms with Crippen molar-refractivity contribution in [1.82, 2.24) is 15.1 Å². The van der Waals surface area contributed by atoms with Crippen LogP contribution >= 0.6 is 0 Å². The highest BCUT2D eigenvalue weighted by Crippen LogP contribution is 2.16. The largest absolute Gasteiger partial charge is 0.353 e. The second-order valence-corrected chi connectivity index (χ2v) is 6.41. The fourth-order valence-corrected chi connectivity index (χ4v) is 2.94. The Balaban J connectivity index is 1.58. The molecule has 3 rings (SSSR count). The molecule has 2 aromatic rings. The van der Waals surface area contributed by atoms with Crippen LogP contribution in [0, 0.1) is 0 Å². The Kier molecular flexibility index (Phi) is 5.97. The number of hydrogen-bond acceptors (Lipinski definition) is 6. The number of likely N-dealkylation sites (N-methyl/N-ethyl adjacent to an activating group) is 1. The van der Waals surface area contributed by atoms with Crippen LogP contribution in [-0.4, -0.2) is 59.6 Å². The van der Waals surface area contributed by atoms with Gasteiger partial charge in [0.2, 0.25) is 5.91 Å². The number of nitrogens with zero attached hydrogens (tertiary/aromatic N) is 4. The fourth-order valence-electron chi connectivity index (χ4n) is 2.94. The zero-order chi connectivity index (χ0) is 19.2. The molecule has 2 heterocycles. The van der Waals surface area contributed by atoms with E-state index in [1.54, 1.807) is 30.3 Å². The summed E-state index contributed by atoms with van der Waals surface area (Å²) in [4.78, 5) is 27.9. The van der Waals surface area contributed by atoms with Crippen LogP contribution in [0.3, 0.4) is 0 Å². The maximum Gasteiger partial charge on any atom is 0.276 e. The summed E-state index contributed by atoms with van der Waals surface area (Å²) in [5, 5.41) is 13.7. The zero-order valence-corrected chi connectivity index (χ0v) is 15.6. The molecular formula is C19H24N6O2. The molecular weight excluding hydrogens is 344 g/mol. The first-order valence-electron chi connectivity index (χ1n) is 9.05. The van der Waals surface area contributed by atoms with Gasteiger partial charge in [-0.1, -0.05) is 6.92 Å². The Morgan fingerprint density at radius 1 is 0.926 bits per heavy atom. The summed E-state index contributed by atoms with van der Waals surface area (Å²) in [7, 11) is 0. The highest BCUT2D eigenvalue weighted by atomic mass is 16.2. The average Bonchev–Trinajstić information content (AvgIpc) is 2.69. The number of hydrogen-bond donors (Lipinski definition) is 2. The smallest absolute Gasteiger partial charge is 0.276 e. The van der Waals surface area contributed by atoms with Gasteiger partial charge in [0.1, 0.15) is 0 Å². The molecule has 1 saturated heterocycles. The van der Waals surface area contributed by atoms with Crippen molar-refractivity contribution in [1.29, 1.82) is 0 Å². The van der Waals surface area contributed by atoms with Crippen LogP contribution in [0.25, 0.3) is 0 Å². The molecule has 1 aromatic heterocycles. The average molecular weight is 368 g/mol. The number of carbonyl (C=O) groups is 2. The molecule has 142 valence electrons. The molecule has 1 aliphatic rings. The van der Waals surface area contributed by atoms with Crippen LogP contribution in [-0.2, 0) is 4.79 Å². The van der Waals surface area contributed by atoms with E-state index in [1.165, 1.54) is 6.92 Å². The summed E-state index contributed by atoms with van der Waals surface area (Å²) in [6.07, 6.45) is 0. The zero-order valence-electron chi connectivity index (χ0n) is 15.6. The monoisotopic (exact) mass is 368 g/mol. The molecule has 0 saturated carbocycles. The van der Waals surface area contributed by atoms with Crippen molar-refractivity contribution in [2.24, 2.45) is 0 Å². The summed E-state index contributed by atoms with van der Waals surface area (Å²) in [6, 6.07) is 10.4. The Morgan fingerprint density at radius 3 is 2.07 bits per heavy atom. The Labute approximate surface area is 158 Å². The summed E-state index contributed by atoms with van der Waals surface area (Å²) < 4.78 is 0. The van der Waals surface area contributed by atoms with Gasteiger partial charge in [-0.3, -0.25) is 9.59 Å². The van der Waals surface area contributed by atoms with Gasteiger partial charge in [0.25, 0.3) is 5.91 Å². The third-order valence-electron chi connectivity index (χ3n) is 4.49. The normalized spacial score (nSPS) is 14.7. The molecule has 0 bridgehead atoms. The van der Waals surface area contributed by atoms with Gasteiger partial charge in [-0.25, -0.2) is 0 Å². The van der Waals surface area contributed by atoms with E-state index in [0.717, 1.165) is 38.5 Å². The highest BCUT2D eigenvalue weighted by Gasteiger charge is 2.18. The van der Waals surface area contributed by atoms with Crippen LogP contribution in [0.4, 0.5) is 17.2 Å². The third kappa shape index (κ3) is 5.01. The van der Waals surface area contributed by atoms with E-state index in [1.807, 2.05) is 6.07 Å². The quantitative estimate of drug-likeness (QED) is 0.837. The van der Waals surface area contributed by atoms with Gasteiger partial charge in [0, 0.05) is 44.5 Å². The van der Waals surface area contributed by atoms with Crippen LogP contribution in [0.1, 0.15) is 24.3 Å². The van der Waals surface area contributed by atoms with Crippen molar-refractivity contribution in [3.05, 3.63) is 42.1 Å². The van der Waals surface area contributed by atoms with E-state index >= 15 is 0 Å². The first-order chi connectivity index (χ1) is 13.0. The van der Waals surface area contributed by atoms with Gasteiger partial charge in [-0.2, -0.15) is 0 Å². The van der Waals surface area contributed by atoms with Crippen molar-refractivity contribution < 1.29 is 9.59 Å². The maximum atomic E-state index is 12.3. The van der Waals surface area contributed by atoms with Crippen molar-refractivity contribution in [2.45, 2.75) is 13.8 Å². The molecule has 1 fully saturated rings. The fraction of sp³-hybridized carbons (Fsp3) is 0.368. The predicted octanol–water partition coefficient (Wildman–Crippen LogP) is 1.83. The number of rotatable bonds is 5. The second-order valence-electron chi connectivity index (χ2n) is 6.41. The summed E-state index contributed by atoms with van der Waals surface area (Å²) >= 11 is 0. The number of benzene rings is 1. The minimum atomic E-state index is -0.322. The van der Waals surface area contributed by atoms with E-state index < -0.39 is 0 Å². The van der Waals surface area contributed by atoms with Crippen LogP contribution in [0.15, 0.2) is 36.4 Å². The lowest BCUT2D eigenvalue weighted by atomic mass is 10.2. The van der Waals surface area contributed by atoms with Gasteiger partial charge in [-0.05, 0) is 42.9 Å². The van der Waals surface area contributed by atoms with Crippen LogP contribution in [0.2, 0.25) is 0 Å². The number of amides is 2. The Bertz CT molecular complexity index is 783. The van der Waals surface area contributed by atoms with Gasteiger partial charge in [-0.15, -0.1) is 10.2 Å². The molecule has 2 N–H and O–H groups in total. The summed E-state index contributed by atoms with van der Waals surface area (Å²) in [5.74, 6) is 0.331. The molecule has 0 aliphatic carbocycles. The van der Waals surface area contributed by atoms with E-state index in [9.17, 15) is 9.59 Å². The standard InChI is InChI=1S/C19H24N6O2/c1-3-24-10-12-25(13-11-24)18-9-8-17(22-23-18)19(27)21-16-6-4-15(5-7-16)20-14(2)26/h4-9H,3,10-13H2,1-2H3,(H,20,26)(H,21,27). The van der Waals surface area contributed by atoms with Gasteiger partial charge in [0.15, 0.2) is 11.5 Å². The lowest BCUT2D eigenvalue weighted by Gasteiger charge is -2.34. The minimum absolute atomic E-state index is 0.141. The topological polar surface area (TPSA) is 90.5 Å². The molecule has 27 heavy (non-hydrogen) atoms. The Hall–Kier alpha value is -3.00. The van der Waals surface area contributed by atoms with Gasteiger partial charge in [0.05, 0.1) is 0 Å². The second kappa shape index (κ2) is 8.59. The van der Waals surface area contributed by atoms with E-state index in [-0.39, 0.29) is 17.5 Å². The van der Waals surface area contributed by atoms with E-state index in [2.05, 4.69) is 37.6 Å². The Morgan fingerprint density at radius 2 is 1.56 bits per heavy atom. The number of piperazine rings is 1. The van der Waals surface area contributed by atoms with Crippen molar-refractivity contribution >= 4 is 29.0 Å². The minimum Gasteiger partial charge on any atom is -0.353 e. The molecule has 8 nitrogen and oxygen atoms in total. The molecule has 0 radical (unpaired) electrons. The molecule has 0 spiro atoms. The number of carbonyl (C=O) groups excluding carboxylic acids is 2. The van der Waals surface area contributed by atoms with E-state index in [0.29, 0.717) is 11.4 Å². The number of anilines is 3. The van der Waals surface area contributed by atoms with Crippen LogP contribution < -0.4 is 15.5 Å². The predicted molar refractivity (Wildman–Crippen MR) is 105 cm³/mol. The maximum absolute atomic E-state index is 12.3. The highest BCUT2D eigenvalue weighted by molar-refractivity contribution is 6.03. The SMILES string of the molecule is CCN1CCN(c2ccc(C(=O)Nc3ccc(NC(C)=O)cc3)nn2)CC1. The first-order valence-corrected chi connectivity index (χ1v) is 9.05. The van der Waals surface area contributed by atoms with Crippen molar-refractivity contribution in [3.63, 3.8) is 0 Å². The molecule has 0 unspecified atom stereocenters. The molecule has 1 aromatic carbocycles. The molecule has 0 atom stereocenters. The van der Waals surface area contributed by atoms with Crippen LogP contribution in [0.5, 0.6) is 0 Å². The molecule has 1 aliphatic heterocycles. The summed E-state index contributed by atoms with van der Waals surface area (Å²) in [5.41, 5.74) is 1.56. The number of nitrogens with one attached hydrogen (secondary N) is 2. The van der Waals surface area contributed by atoms with Gasteiger partial charge >= 0.3 is 0 Å². The molecule has 2 amide bonds. The first kappa shape index (κ1) is 18.8. The lowest BCUT2D eigenvalue weighted by molar-refractivity contribution is -0.114.